The summed E-state index contributed by atoms with van der Waals surface area (Å²) >= 11 is 3.43. The number of rotatable bonds is 4. The highest BCUT2D eigenvalue weighted by atomic mass is 79.9. The minimum atomic E-state index is 0.0442. The first-order valence-corrected chi connectivity index (χ1v) is 6.57. The molecule has 2 nitrogen and oxygen atoms in total. The molecule has 3 N–H and O–H groups in total. The largest absolute Gasteiger partial charge is 0.396 e. The van der Waals surface area contributed by atoms with Crippen molar-refractivity contribution in [2.45, 2.75) is 25.2 Å². The molecule has 1 saturated carbocycles. The molecule has 1 aromatic rings. The van der Waals surface area contributed by atoms with Crippen LogP contribution in [0.15, 0.2) is 28.7 Å². The van der Waals surface area contributed by atoms with Gasteiger partial charge >= 0.3 is 0 Å². The molecule has 1 aromatic carbocycles. The van der Waals surface area contributed by atoms with Crippen molar-refractivity contribution >= 4 is 15.9 Å². The molecule has 0 radical (unpaired) electrons. The summed E-state index contributed by atoms with van der Waals surface area (Å²) in [5.41, 5.74) is 7.18. The maximum absolute atomic E-state index is 9.59. The first-order valence-electron chi connectivity index (χ1n) is 5.78. The van der Waals surface area contributed by atoms with Crippen molar-refractivity contribution in [1.82, 2.24) is 0 Å². The first-order chi connectivity index (χ1) is 7.72. The topological polar surface area (TPSA) is 46.2 Å². The zero-order valence-corrected chi connectivity index (χ0v) is 10.9. The average Bonchev–Trinajstić information content (AvgIpc) is 2.25. The minimum absolute atomic E-state index is 0.0442. The van der Waals surface area contributed by atoms with E-state index < -0.39 is 0 Å². The molecule has 0 saturated heterocycles. The van der Waals surface area contributed by atoms with Crippen LogP contribution in [0.1, 0.15) is 30.7 Å². The summed E-state index contributed by atoms with van der Waals surface area (Å²) in [6.45, 7) is 0.868. The van der Waals surface area contributed by atoms with E-state index in [4.69, 9.17) is 5.73 Å². The van der Waals surface area contributed by atoms with Gasteiger partial charge < -0.3 is 10.8 Å². The van der Waals surface area contributed by atoms with Crippen molar-refractivity contribution in [2.24, 2.45) is 11.1 Å². The van der Waals surface area contributed by atoms with Gasteiger partial charge in [0.15, 0.2) is 0 Å². The van der Waals surface area contributed by atoms with Gasteiger partial charge in [0.2, 0.25) is 0 Å². The predicted molar refractivity (Wildman–Crippen MR) is 69.3 cm³/mol. The summed E-state index contributed by atoms with van der Waals surface area (Å²) in [5.74, 6) is 0.291. The predicted octanol–water partition coefficient (Wildman–Crippen LogP) is 2.65. The van der Waals surface area contributed by atoms with Crippen LogP contribution in [0.4, 0.5) is 0 Å². The second-order valence-corrected chi connectivity index (χ2v) is 5.63. The lowest BCUT2D eigenvalue weighted by Gasteiger charge is -2.46. The number of halogens is 1. The Balaban J connectivity index is 2.25. The van der Waals surface area contributed by atoms with Crippen LogP contribution in [0.2, 0.25) is 0 Å². The van der Waals surface area contributed by atoms with Crippen LogP contribution in [0, 0.1) is 5.41 Å². The van der Waals surface area contributed by atoms with Gasteiger partial charge in [0, 0.05) is 22.4 Å². The van der Waals surface area contributed by atoms with E-state index in [1.54, 1.807) is 0 Å². The van der Waals surface area contributed by atoms with Gasteiger partial charge in [-0.25, -0.2) is 0 Å². The Bertz CT molecular complexity index is 340. The molecule has 0 spiro atoms. The Morgan fingerprint density at radius 3 is 2.31 bits per heavy atom. The van der Waals surface area contributed by atoms with Gasteiger partial charge in [-0.15, -0.1) is 0 Å². The van der Waals surface area contributed by atoms with Crippen LogP contribution in [0.5, 0.6) is 0 Å². The third-order valence-corrected chi connectivity index (χ3v) is 4.44. The maximum Gasteiger partial charge on any atom is 0.0493 e. The maximum atomic E-state index is 9.59. The van der Waals surface area contributed by atoms with Crippen molar-refractivity contribution in [2.75, 3.05) is 13.2 Å². The number of aliphatic hydroxyl groups excluding tert-OH is 1. The quantitative estimate of drug-likeness (QED) is 0.893. The van der Waals surface area contributed by atoms with Crippen molar-refractivity contribution in [3.8, 4) is 0 Å². The zero-order valence-electron chi connectivity index (χ0n) is 9.32. The van der Waals surface area contributed by atoms with Gasteiger partial charge in [0.1, 0.15) is 0 Å². The van der Waals surface area contributed by atoms with Crippen LogP contribution >= 0.6 is 15.9 Å². The van der Waals surface area contributed by atoms with E-state index >= 15 is 0 Å². The Kier molecular flexibility index (Phi) is 3.67. The van der Waals surface area contributed by atoms with Gasteiger partial charge in [-0.2, -0.15) is 0 Å². The van der Waals surface area contributed by atoms with Crippen molar-refractivity contribution in [1.29, 1.82) is 0 Å². The molecule has 1 aliphatic rings. The summed E-state index contributed by atoms with van der Waals surface area (Å²) in [4.78, 5) is 0. The highest BCUT2D eigenvalue weighted by molar-refractivity contribution is 9.10. The van der Waals surface area contributed by atoms with Crippen LogP contribution in [0.25, 0.3) is 0 Å². The molecule has 0 aliphatic heterocycles. The fourth-order valence-corrected chi connectivity index (χ4v) is 2.95. The van der Waals surface area contributed by atoms with Crippen LogP contribution in [0.3, 0.4) is 0 Å². The Morgan fingerprint density at radius 2 is 1.94 bits per heavy atom. The normalized spacial score (nSPS) is 20.2. The van der Waals surface area contributed by atoms with Crippen LogP contribution < -0.4 is 5.73 Å². The lowest BCUT2D eigenvalue weighted by Crippen LogP contribution is -2.42. The zero-order chi connectivity index (χ0) is 11.6. The summed E-state index contributed by atoms with van der Waals surface area (Å²) in [7, 11) is 0. The van der Waals surface area contributed by atoms with Gasteiger partial charge in [-0.05, 0) is 37.1 Å². The van der Waals surface area contributed by atoms with Crippen molar-refractivity contribution in [3.63, 3.8) is 0 Å². The molecule has 0 aromatic heterocycles. The molecule has 1 fully saturated rings. The first kappa shape index (κ1) is 12.1. The lowest BCUT2D eigenvalue weighted by atomic mass is 9.60. The third kappa shape index (κ3) is 2.04. The highest BCUT2D eigenvalue weighted by Gasteiger charge is 2.43. The smallest absolute Gasteiger partial charge is 0.0493 e. The molecule has 1 aliphatic carbocycles. The molecule has 0 unspecified atom stereocenters. The Morgan fingerprint density at radius 1 is 1.31 bits per heavy atom. The average molecular weight is 284 g/mol. The molecule has 0 bridgehead atoms. The van der Waals surface area contributed by atoms with Crippen LogP contribution in [-0.2, 0) is 0 Å². The number of hydrogen-bond acceptors (Lipinski definition) is 2. The van der Waals surface area contributed by atoms with Gasteiger partial charge in [-0.1, -0.05) is 34.5 Å². The van der Waals surface area contributed by atoms with E-state index in [9.17, 15) is 5.11 Å². The van der Waals surface area contributed by atoms with Gasteiger partial charge in [0.05, 0.1) is 0 Å². The minimum Gasteiger partial charge on any atom is -0.396 e. The highest BCUT2D eigenvalue weighted by Crippen LogP contribution is 2.50. The molecular formula is C13H18BrNO. The van der Waals surface area contributed by atoms with Gasteiger partial charge in [-0.3, -0.25) is 0 Å². The third-order valence-electron chi connectivity index (χ3n) is 3.91. The molecule has 1 atom stereocenters. The SMILES string of the molecule is NC[C@H](c1ccc(Br)cc1)C1(CO)CCC1. The van der Waals surface area contributed by atoms with E-state index in [1.807, 2.05) is 12.1 Å². The van der Waals surface area contributed by atoms with Crippen molar-refractivity contribution < 1.29 is 5.11 Å². The number of nitrogens with two attached hydrogens (primary N) is 1. The van der Waals surface area contributed by atoms with E-state index in [0.717, 1.165) is 17.3 Å². The van der Waals surface area contributed by atoms with E-state index in [2.05, 4.69) is 28.1 Å². The fourth-order valence-electron chi connectivity index (χ4n) is 2.68. The molecule has 0 amide bonds. The molecule has 2 rings (SSSR count). The molecular weight excluding hydrogens is 266 g/mol. The van der Waals surface area contributed by atoms with E-state index in [1.165, 1.54) is 12.0 Å². The van der Waals surface area contributed by atoms with E-state index in [0.29, 0.717) is 12.5 Å². The molecule has 0 heterocycles. The molecule has 3 heteroatoms. The Hall–Kier alpha value is -0.380. The monoisotopic (exact) mass is 283 g/mol. The summed E-state index contributed by atoms with van der Waals surface area (Å²) in [6, 6.07) is 8.30. The Labute approximate surface area is 105 Å². The van der Waals surface area contributed by atoms with Gasteiger partial charge in [0.25, 0.3) is 0 Å². The van der Waals surface area contributed by atoms with Crippen LogP contribution in [-0.4, -0.2) is 18.3 Å². The molecule has 16 heavy (non-hydrogen) atoms. The number of benzene rings is 1. The summed E-state index contributed by atoms with van der Waals surface area (Å²) < 4.78 is 1.08. The van der Waals surface area contributed by atoms with E-state index in [-0.39, 0.29) is 12.0 Å². The second kappa shape index (κ2) is 4.86. The second-order valence-electron chi connectivity index (χ2n) is 4.71. The summed E-state index contributed by atoms with van der Waals surface area (Å²) in [6.07, 6.45) is 3.41. The molecule has 88 valence electrons. The van der Waals surface area contributed by atoms with Crippen molar-refractivity contribution in [3.05, 3.63) is 34.3 Å². The number of hydrogen-bond donors (Lipinski definition) is 2. The summed E-state index contributed by atoms with van der Waals surface area (Å²) in [5, 5.41) is 9.59. The lowest BCUT2D eigenvalue weighted by molar-refractivity contribution is 0.0192. The number of aliphatic hydroxyl groups is 1. The standard InChI is InChI=1S/C13H18BrNO/c14-11-4-2-10(3-5-11)12(8-15)13(9-16)6-1-7-13/h2-5,12,16H,1,6-9,15H2/t12-/m1/s1. The fraction of sp³-hybridized carbons (Fsp3) is 0.538.